The van der Waals surface area contributed by atoms with Crippen molar-refractivity contribution in [2.24, 2.45) is 4.99 Å². The minimum Gasteiger partial charge on any atom is -0.487 e. The van der Waals surface area contributed by atoms with Crippen LogP contribution in [0.4, 0.5) is 0 Å². The number of benzene rings is 1. The molecule has 2 N–H and O–H groups in total. The fourth-order valence-electron chi connectivity index (χ4n) is 1.88. The van der Waals surface area contributed by atoms with Gasteiger partial charge in [-0.1, -0.05) is 23.7 Å². The molecule has 0 heterocycles. The van der Waals surface area contributed by atoms with Gasteiger partial charge in [0.1, 0.15) is 11.9 Å². The van der Waals surface area contributed by atoms with E-state index >= 15 is 0 Å². The van der Waals surface area contributed by atoms with E-state index in [1.807, 2.05) is 45.0 Å². The van der Waals surface area contributed by atoms with Crippen molar-refractivity contribution >= 4 is 17.6 Å². The van der Waals surface area contributed by atoms with Gasteiger partial charge in [-0.25, -0.2) is 4.99 Å². The lowest BCUT2D eigenvalue weighted by Gasteiger charge is -2.16. The molecule has 0 aromatic heterocycles. The first-order chi connectivity index (χ1) is 11.2. The number of aliphatic imine (C=N–C) groups is 1. The highest BCUT2D eigenvalue weighted by Gasteiger charge is 2.07. The Kier molecular flexibility index (Phi) is 10.2. The van der Waals surface area contributed by atoms with Crippen LogP contribution in [0, 0.1) is 0 Å². The topological polar surface area (TPSA) is 54.9 Å². The Morgan fingerprint density at radius 2 is 2.04 bits per heavy atom. The van der Waals surface area contributed by atoms with Crippen LogP contribution in [0.15, 0.2) is 29.3 Å². The van der Waals surface area contributed by atoms with E-state index in [1.54, 1.807) is 0 Å². The molecule has 5 nitrogen and oxygen atoms in total. The molecule has 1 aromatic carbocycles. The second-order valence-electron chi connectivity index (χ2n) is 5.06. The number of rotatable bonds is 10. The van der Waals surface area contributed by atoms with Crippen LogP contribution < -0.4 is 15.4 Å². The SMILES string of the molecule is CCNC(=NCC(C)Oc1ccccc1Cl)NCCCOCC. The highest BCUT2D eigenvalue weighted by molar-refractivity contribution is 6.32. The molecule has 23 heavy (non-hydrogen) atoms. The van der Waals surface area contributed by atoms with Crippen molar-refractivity contribution in [2.75, 3.05) is 32.8 Å². The van der Waals surface area contributed by atoms with Crippen LogP contribution in [-0.2, 0) is 4.74 Å². The Balaban J connectivity index is 2.41. The third-order valence-electron chi connectivity index (χ3n) is 2.98. The zero-order valence-corrected chi connectivity index (χ0v) is 15.0. The normalized spacial score (nSPS) is 12.8. The van der Waals surface area contributed by atoms with Gasteiger partial charge in [0.05, 0.1) is 11.6 Å². The molecule has 1 unspecified atom stereocenters. The number of hydrogen-bond acceptors (Lipinski definition) is 3. The summed E-state index contributed by atoms with van der Waals surface area (Å²) in [5, 5.41) is 7.12. The van der Waals surface area contributed by atoms with Gasteiger partial charge in [0, 0.05) is 26.3 Å². The van der Waals surface area contributed by atoms with Crippen LogP contribution in [-0.4, -0.2) is 44.9 Å². The van der Waals surface area contributed by atoms with Crippen LogP contribution in [0.3, 0.4) is 0 Å². The Hall–Kier alpha value is -1.46. The molecule has 1 atom stereocenters. The summed E-state index contributed by atoms with van der Waals surface area (Å²) in [5.41, 5.74) is 0. The molecule has 0 spiro atoms. The van der Waals surface area contributed by atoms with Crippen molar-refractivity contribution in [3.05, 3.63) is 29.3 Å². The van der Waals surface area contributed by atoms with Gasteiger partial charge < -0.3 is 20.1 Å². The first-order valence-electron chi connectivity index (χ1n) is 8.18. The fraction of sp³-hybridized carbons (Fsp3) is 0.588. The minimum atomic E-state index is -0.0613. The first-order valence-corrected chi connectivity index (χ1v) is 8.56. The second-order valence-corrected chi connectivity index (χ2v) is 5.46. The fourth-order valence-corrected chi connectivity index (χ4v) is 2.06. The van der Waals surface area contributed by atoms with E-state index in [0.717, 1.165) is 38.7 Å². The Morgan fingerprint density at radius 1 is 1.26 bits per heavy atom. The van der Waals surface area contributed by atoms with Gasteiger partial charge in [-0.15, -0.1) is 0 Å². The van der Waals surface area contributed by atoms with Crippen LogP contribution in [0.2, 0.25) is 5.02 Å². The summed E-state index contributed by atoms with van der Waals surface area (Å²) >= 11 is 6.09. The number of halogens is 1. The molecular formula is C17H28ClN3O2. The summed E-state index contributed by atoms with van der Waals surface area (Å²) in [6.45, 7) is 9.72. The third kappa shape index (κ3) is 8.67. The molecule has 0 aliphatic heterocycles. The summed E-state index contributed by atoms with van der Waals surface area (Å²) in [6, 6.07) is 7.46. The maximum Gasteiger partial charge on any atom is 0.191 e. The van der Waals surface area contributed by atoms with Crippen LogP contribution in [0.5, 0.6) is 5.75 Å². The zero-order valence-electron chi connectivity index (χ0n) is 14.3. The van der Waals surface area contributed by atoms with Gasteiger partial charge in [-0.05, 0) is 39.3 Å². The summed E-state index contributed by atoms with van der Waals surface area (Å²) in [6.07, 6.45) is 0.887. The standard InChI is InChI=1S/C17H28ClN3O2/c1-4-19-17(20-11-8-12-22-5-2)21-13-14(3)23-16-10-7-6-9-15(16)18/h6-7,9-10,14H,4-5,8,11-13H2,1-3H3,(H2,19,20,21). The number of nitrogens with zero attached hydrogens (tertiary/aromatic N) is 1. The van der Waals surface area contributed by atoms with Crippen molar-refractivity contribution in [1.82, 2.24) is 10.6 Å². The van der Waals surface area contributed by atoms with Gasteiger partial charge in [0.15, 0.2) is 5.96 Å². The third-order valence-corrected chi connectivity index (χ3v) is 3.29. The smallest absolute Gasteiger partial charge is 0.191 e. The predicted octanol–water partition coefficient (Wildman–Crippen LogP) is 3.09. The molecule has 6 heteroatoms. The second kappa shape index (κ2) is 12.0. The summed E-state index contributed by atoms with van der Waals surface area (Å²) in [4.78, 5) is 4.54. The quantitative estimate of drug-likeness (QED) is 0.390. The molecule has 130 valence electrons. The zero-order chi connectivity index (χ0) is 16.9. The molecule has 1 rings (SSSR count). The molecular weight excluding hydrogens is 314 g/mol. The van der Waals surface area contributed by atoms with Crippen molar-refractivity contribution in [3.8, 4) is 5.75 Å². The van der Waals surface area contributed by atoms with Gasteiger partial charge in [-0.2, -0.15) is 0 Å². The minimum absolute atomic E-state index is 0.0613. The largest absolute Gasteiger partial charge is 0.487 e. The molecule has 0 aliphatic carbocycles. The van der Waals surface area contributed by atoms with E-state index in [0.29, 0.717) is 17.3 Å². The van der Waals surface area contributed by atoms with Crippen molar-refractivity contribution < 1.29 is 9.47 Å². The van der Waals surface area contributed by atoms with Gasteiger partial charge in [0.25, 0.3) is 0 Å². The van der Waals surface area contributed by atoms with Gasteiger partial charge >= 0.3 is 0 Å². The highest BCUT2D eigenvalue weighted by atomic mass is 35.5. The monoisotopic (exact) mass is 341 g/mol. The molecule has 0 bridgehead atoms. The van der Waals surface area contributed by atoms with Crippen molar-refractivity contribution in [1.29, 1.82) is 0 Å². The first kappa shape index (κ1) is 19.6. The number of para-hydroxylation sites is 1. The van der Waals surface area contributed by atoms with E-state index in [2.05, 4.69) is 15.6 Å². The molecule has 1 aromatic rings. The molecule has 0 saturated heterocycles. The number of hydrogen-bond donors (Lipinski definition) is 2. The van der Waals surface area contributed by atoms with E-state index in [-0.39, 0.29) is 6.10 Å². The van der Waals surface area contributed by atoms with Crippen LogP contribution in [0.25, 0.3) is 0 Å². The molecule has 0 fully saturated rings. The lowest BCUT2D eigenvalue weighted by molar-refractivity contribution is 0.145. The van der Waals surface area contributed by atoms with Crippen molar-refractivity contribution in [2.45, 2.75) is 33.3 Å². The van der Waals surface area contributed by atoms with E-state index in [1.165, 1.54) is 0 Å². The average Bonchev–Trinajstić information content (AvgIpc) is 2.54. The summed E-state index contributed by atoms with van der Waals surface area (Å²) in [5.74, 6) is 1.48. The predicted molar refractivity (Wildman–Crippen MR) is 96.6 cm³/mol. The molecule has 0 aliphatic rings. The Labute approximate surface area is 144 Å². The van der Waals surface area contributed by atoms with Gasteiger partial charge in [0.2, 0.25) is 0 Å². The maximum atomic E-state index is 6.09. The van der Waals surface area contributed by atoms with Crippen LogP contribution >= 0.6 is 11.6 Å². The average molecular weight is 342 g/mol. The lowest BCUT2D eigenvalue weighted by atomic mass is 10.3. The highest BCUT2D eigenvalue weighted by Crippen LogP contribution is 2.24. The van der Waals surface area contributed by atoms with E-state index in [9.17, 15) is 0 Å². The van der Waals surface area contributed by atoms with E-state index in [4.69, 9.17) is 21.1 Å². The summed E-state index contributed by atoms with van der Waals surface area (Å²) < 4.78 is 11.1. The number of guanidine groups is 1. The maximum absolute atomic E-state index is 6.09. The number of ether oxygens (including phenoxy) is 2. The Bertz CT molecular complexity index is 469. The van der Waals surface area contributed by atoms with E-state index < -0.39 is 0 Å². The van der Waals surface area contributed by atoms with Crippen molar-refractivity contribution in [3.63, 3.8) is 0 Å². The van der Waals surface area contributed by atoms with Gasteiger partial charge in [-0.3, -0.25) is 0 Å². The molecule has 0 radical (unpaired) electrons. The lowest BCUT2D eigenvalue weighted by Crippen LogP contribution is -2.38. The summed E-state index contributed by atoms with van der Waals surface area (Å²) in [7, 11) is 0. The van der Waals surface area contributed by atoms with Crippen LogP contribution in [0.1, 0.15) is 27.2 Å². The number of nitrogens with one attached hydrogen (secondary N) is 2. The molecule has 0 amide bonds. The Morgan fingerprint density at radius 3 is 2.74 bits per heavy atom. The molecule has 0 saturated carbocycles.